The van der Waals surface area contributed by atoms with E-state index in [1.54, 1.807) is 30.6 Å². The van der Waals surface area contributed by atoms with Crippen molar-refractivity contribution < 1.29 is 23.5 Å². The molecular weight excluding hydrogens is 418 g/mol. The SMILES string of the molecule is CN(c1ccc(/C=C/CC(NC(=O)c2c(F)cccc2F)C(=O)O)cc1)c1ncccn1. The van der Waals surface area contributed by atoms with Gasteiger partial charge in [-0.2, -0.15) is 0 Å². The third-order valence-electron chi connectivity index (χ3n) is 4.61. The second-order valence-electron chi connectivity index (χ2n) is 6.80. The number of benzene rings is 2. The molecule has 0 saturated heterocycles. The molecule has 1 heterocycles. The summed E-state index contributed by atoms with van der Waals surface area (Å²) in [6.45, 7) is 0. The van der Waals surface area contributed by atoms with Crippen LogP contribution in [0.15, 0.2) is 67.0 Å². The van der Waals surface area contributed by atoms with E-state index in [4.69, 9.17) is 0 Å². The Kier molecular flexibility index (Phi) is 7.22. The van der Waals surface area contributed by atoms with Crippen LogP contribution in [0.1, 0.15) is 22.3 Å². The predicted molar refractivity (Wildman–Crippen MR) is 115 cm³/mol. The summed E-state index contributed by atoms with van der Waals surface area (Å²) in [5, 5.41) is 11.5. The molecule has 0 aliphatic rings. The third-order valence-corrected chi connectivity index (χ3v) is 4.61. The molecule has 164 valence electrons. The Morgan fingerprint density at radius 3 is 2.28 bits per heavy atom. The number of carbonyl (C=O) groups excluding carboxylic acids is 1. The zero-order valence-electron chi connectivity index (χ0n) is 17.1. The van der Waals surface area contributed by atoms with Gasteiger partial charge in [-0.05, 0) is 42.3 Å². The van der Waals surface area contributed by atoms with Crippen molar-refractivity contribution in [2.75, 3.05) is 11.9 Å². The lowest BCUT2D eigenvalue weighted by Crippen LogP contribution is -2.41. The molecule has 0 spiro atoms. The fourth-order valence-corrected chi connectivity index (χ4v) is 2.90. The first kappa shape index (κ1) is 22.5. The molecule has 0 bridgehead atoms. The largest absolute Gasteiger partial charge is 0.480 e. The summed E-state index contributed by atoms with van der Waals surface area (Å²) in [7, 11) is 1.83. The van der Waals surface area contributed by atoms with E-state index < -0.39 is 35.1 Å². The molecule has 2 aromatic carbocycles. The van der Waals surface area contributed by atoms with Gasteiger partial charge in [0, 0.05) is 25.1 Å². The Bertz CT molecular complexity index is 1100. The summed E-state index contributed by atoms with van der Waals surface area (Å²) in [6, 6.07) is 10.7. The van der Waals surface area contributed by atoms with E-state index in [2.05, 4.69) is 15.3 Å². The van der Waals surface area contributed by atoms with Gasteiger partial charge in [0.2, 0.25) is 5.95 Å². The van der Waals surface area contributed by atoms with Crippen LogP contribution in [0.5, 0.6) is 0 Å². The number of nitrogens with zero attached hydrogens (tertiary/aromatic N) is 3. The Balaban J connectivity index is 1.64. The number of aromatic nitrogens is 2. The van der Waals surface area contributed by atoms with Crippen molar-refractivity contribution in [2.24, 2.45) is 0 Å². The fraction of sp³-hybridized carbons (Fsp3) is 0.130. The van der Waals surface area contributed by atoms with Crippen LogP contribution >= 0.6 is 0 Å². The van der Waals surface area contributed by atoms with Gasteiger partial charge < -0.3 is 15.3 Å². The van der Waals surface area contributed by atoms with Gasteiger partial charge in [0.1, 0.15) is 23.2 Å². The van der Waals surface area contributed by atoms with E-state index in [1.165, 1.54) is 0 Å². The number of amides is 1. The minimum absolute atomic E-state index is 0.0728. The molecule has 32 heavy (non-hydrogen) atoms. The lowest BCUT2D eigenvalue weighted by molar-refractivity contribution is -0.139. The average molecular weight is 438 g/mol. The molecule has 2 N–H and O–H groups in total. The number of nitrogens with one attached hydrogen (secondary N) is 1. The number of carboxylic acids is 1. The van der Waals surface area contributed by atoms with Crippen LogP contribution in [-0.2, 0) is 4.79 Å². The lowest BCUT2D eigenvalue weighted by atomic mass is 10.1. The highest BCUT2D eigenvalue weighted by molar-refractivity contribution is 5.97. The summed E-state index contributed by atoms with van der Waals surface area (Å²) in [5.41, 5.74) is 0.840. The van der Waals surface area contributed by atoms with Crippen molar-refractivity contribution in [1.82, 2.24) is 15.3 Å². The number of carboxylic acid groups (broad SMARTS) is 1. The monoisotopic (exact) mass is 438 g/mol. The second kappa shape index (κ2) is 10.3. The summed E-state index contributed by atoms with van der Waals surface area (Å²) in [5.74, 6) is -4.03. The first-order valence-corrected chi connectivity index (χ1v) is 9.62. The number of anilines is 2. The fourth-order valence-electron chi connectivity index (χ4n) is 2.90. The van der Waals surface area contributed by atoms with Gasteiger partial charge in [-0.1, -0.05) is 30.4 Å². The number of hydrogen-bond acceptors (Lipinski definition) is 5. The average Bonchev–Trinajstić information content (AvgIpc) is 2.78. The van der Waals surface area contributed by atoms with E-state index >= 15 is 0 Å². The Morgan fingerprint density at radius 2 is 1.69 bits per heavy atom. The molecule has 0 aliphatic carbocycles. The maximum Gasteiger partial charge on any atom is 0.326 e. The van der Waals surface area contributed by atoms with Gasteiger partial charge in [0.05, 0.1) is 0 Å². The van der Waals surface area contributed by atoms with Crippen LogP contribution in [0.2, 0.25) is 0 Å². The Hall–Kier alpha value is -4.14. The van der Waals surface area contributed by atoms with E-state index in [9.17, 15) is 23.5 Å². The molecule has 0 saturated carbocycles. The minimum atomic E-state index is -1.35. The molecule has 1 atom stereocenters. The number of carbonyl (C=O) groups is 2. The third kappa shape index (κ3) is 5.51. The molecule has 1 aromatic heterocycles. The zero-order chi connectivity index (χ0) is 23.1. The van der Waals surface area contributed by atoms with E-state index in [0.717, 1.165) is 29.4 Å². The van der Waals surface area contributed by atoms with Crippen LogP contribution in [-0.4, -0.2) is 40.0 Å². The second-order valence-corrected chi connectivity index (χ2v) is 6.80. The van der Waals surface area contributed by atoms with Gasteiger partial charge >= 0.3 is 5.97 Å². The number of halogens is 2. The van der Waals surface area contributed by atoms with Crippen molar-refractivity contribution in [2.45, 2.75) is 12.5 Å². The quantitative estimate of drug-likeness (QED) is 0.555. The molecule has 9 heteroatoms. The van der Waals surface area contributed by atoms with Crippen molar-refractivity contribution in [1.29, 1.82) is 0 Å². The molecular formula is C23H20F2N4O3. The van der Waals surface area contributed by atoms with Crippen LogP contribution < -0.4 is 10.2 Å². The normalized spacial score (nSPS) is 11.8. The first-order chi connectivity index (χ1) is 15.4. The molecule has 0 radical (unpaired) electrons. The van der Waals surface area contributed by atoms with Gasteiger partial charge in [0.25, 0.3) is 5.91 Å². The zero-order valence-corrected chi connectivity index (χ0v) is 17.1. The standard InChI is InChI=1S/C23H20F2N4O3/c1-29(23-26-13-4-14-27-23)16-11-9-15(10-12-16)5-2-8-19(22(31)32)28-21(30)20-17(24)6-3-7-18(20)25/h2-7,9-14,19H,8H2,1H3,(H,28,30)(H,31,32)/b5-2+. The van der Waals surface area contributed by atoms with Gasteiger partial charge in [-0.3, -0.25) is 4.79 Å². The van der Waals surface area contributed by atoms with Crippen LogP contribution in [0.25, 0.3) is 6.08 Å². The summed E-state index contributed by atoms with van der Waals surface area (Å²) in [6.07, 6.45) is 6.48. The summed E-state index contributed by atoms with van der Waals surface area (Å²) in [4.78, 5) is 33.8. The Morgan fingerprint density at radius 1 is 1.06 bits per heavy atom. The van der Waals surface area contributed by atoms with Crippen molar-refractivity contribution >= 4 is 29.6 Å². The smallest absolute Gasteiger partial charge is 0.326 e. The van der Waals surface area contributed by atoms with Crippen molar-refractivity contribution in [3.63, 3.8) is 0 Å². The van der Waals surface area contributed by atoms with Gasteiger partial charge in [-0.25, -0.2) is 23.5 Å². The molecule has 0 aliphatic heterocycles. The number of hydrogen-bond donors (Lipinski definition) is 2. The molecule has 1 amide bonds. The number of rotatable bonds is 8. The Labute approximate surface area is 183 Å². The van der Waals surface area contributed by atoms with E-state index in [1.807, 2.05) is 36.2 Å². The highest BCUT2D eigenvalue weighted by atomic mass is 19.1. The first-order valence-electron chi connectivity index (χ1n) is 9.62. The maximum absolute atomic E-state index is 13.8. The van der Waals surface area contributed by atoms with Gasteiger partial charge in [-0.15, -0.1) is 0 Å². The van der Waals surface area contributed by atoms with E-state index in [0.29, 0.717) is 5.95 Å². The topological polar surface area (TPSA) is 95.4 Å². The van der Waals surface area contributed by atoms with Crippen molar-refractivity contribution in [3.8, 4) is 0 Å². The minimum Gasteiger partial charge on any atom is -0.480 e. The lowest BCUT2D eigenvalue weighted by Gasteiger charge is -2.16. The van der Waals surface area contributed by atoms with Gasteiger partial charge in [0.15, 0.2) is 0 Å². The molecule has 0 fully saturated rings. The van der Waals surface area contributed by atoms with Crippen LogP contribution in [0.3, 0.4) is 0 Å². The highest BCUT2D eigenvalue weighted by Gasteiger charge is 2.23. The van der Waals surface area contributed by atoms with E-state index in [-0.39, 0.29) is 6.42 Å². The maximum atomic E-state index is 13.8. The summed E-state index contributed by atoms with van der Waals surface area (Å²) < 4.78 is 27.5. The molecule has 1 unspecified atom stereocenters. The number of aliphatic carboxylic acids is 1. The summed E-state index contributed by atoms with van der Waals surface area (Å²) >= 11 is 0. The predicted octanol–water partition coefficient (Wildman–Crippen LogP) is 3.81. The van der Waals surface area contributed by atoms with Crippen molar-refractivity contribution in [3.05, 3.63) is 89.8 Å². The van der Waals surface area contributed by atoms with Crippen LogP contribution in [0.4, 0.5) is 20.4 Å². The molecule has 7 nitrogen and oxygen atoms in total. The van der Waals surface area contributed by atoms with Crippen LogP contribution in [0, 0.1) is 11.6 Å². The molecule has 3 rings (SSSR count). The highest BCUT2D eigenvalue weighted by Crippen LogP contribution is 2.20. The molecule has 3 aromatic rings.